The van der Waals surface area contributed by atoms with Crippen LogP contribution in [0.4, 0.5) is 0 Å². The fourth-order valence-corrected chi connectivity index (χ4v) is 7.42. The summed E-state index contributed by atoms with van der Waals surface area (Å²) in [4.78, 5) is 0. The van der Waals surface area contributed by atoms with Crippen molar-refractivity contribution in [3.8, 4) is 0 Å². The maximum atomic E-state index is 2.49. The molecule has 0 aromatic heterocycles. The van der Waals surface area contributed by atoms with E-state index in [2.05, 4.69) is 50.3 Å². The quantitative estimate of drug-likeness (QED) is 0.598. The SMILES string of the molecule is CC1=C2c3cccc4ccc(c1c34)[Si]2(C)C. The minimum Gasteiger partial charge on any atom is -0.0616 e. The predicted molar refractivity (Wildman–Crippen MR) is 73.6 cm³/mol. The molecule has 2 aromatic carbocycles. The molecule has 2 aromatic rings. The lowest BCUT2D eigenvalue weighted by molar-refractivity contribution is 1.67. The van der Waals surface area contributed by atoms with Crippen LogP contribution in [-0.4, -0.2) is 8.07 Å². The molecule has 1 heteroatoms. The van der Waals surface area contributed by atoms with E-state index in [0.717, 1.165) is 0 Å². The molecular formula is C15H14Si. The average Bonchev–Trinajstić information content (AvgIpc) is 2.65. The van der Waals surface area contributed by atoms with E-state index in [9.17, 15) is 0 Å². The number of hydrogen-bond acceptors (Lipinski definition) is 0. The maximum absolute atomic E-state index is 2.49. The van der Waals surface area contributed by atoms with Crippen molar-refractivity contribution in [3.05, 3.63) is 41.5 Å². The van der Waals surface area contributed by atoms with E-state index in [-0.39, 0.29) is 0 Å². The predicted octanol–water partition coefficient (Wildman–Crippen LogP) is 3.55. The smallest absolute Gasteiger partial charge is 0.0616 e. The van der Waals surface area contributed by atoms with Gasteiger partial charge in [0.25, 0.3) is 0 Å². The highest BCUT2D eigenvalue weighted by molar-refractivity contribution is 7.08. The third-order valence-corrected chi connectivity index (χ3v) is 8.02. The third kappa shape index (κ3) is 0.697. The van der Waals surface area contributed by atoms with Crippen LogP contribution in [0, 0.1) is 0 Å². The fourth-order valence-electron chi connectivity index (χ4n) is 3.76. The Labute approximate surface area is 96.6 Å². The van der Waals surface area contributed by atoms with Crippen molar-refractivity contribution in [1.29, 1.82) is 0 Å². The molecule has 78 valence electrons. The highest BCUT2D eigenvalue weighted by Crippen LogP contribution is 2.50. The summed E-state index contributed by atoms with van der Waals surface area (Å²) in [6.07, 6.45) is 0. The molecule has 1 aliphatic carbocycles. The van der Waals surface area contributed by atoms with Crippen molar-refractivity contribution in [1.82, 2.24) is 0 Å². The summed E-state index contributed by atoms with van der Waals surface area (Å²) in [7, 11) is -1.35. The van der Waals surface area contributed by atoms with Crippen molar-refractivity contribution in [2.75, 3.05) is 0 Å². The van der Waals surface area contributed by atoms with Gasteiger partial charge in [-0.1, -0.05) is 43.4 Å². The number of benzene rings is 2. The first-order chi connectivity index (χ1) is 7.62. The lowest BCUT2D eigenvalue weighted by Crippen LogP contribution is -2.42. The van der Waals surface area contributed by atoms with Gasteiger partial charge in [0.2, 0.25) is 0 Å². The summed E-state index contributed by atoms with van der Waals surface area (Å²) < 4.78 is 0. The van der Waals surface area contributed by atoms with Crippen LogP contribution in [0.2, 0.25) is 13.1 Å². The zero-order valence-electron chi connectivity index (χ0n) is 9.89. The van der Waals surface area contributed by atoms with Gasteiger partial charge in [-0.3, -0.25) is 0 Å². The number of fused-ring (bicyclic) bond motifs is 1. The van der Waals surface area contributed by atoms with E-state index in [1.165, 1.54) is 16.3 Å². The fraction of sp³-hybridized carbons (Fsp3) is 0.200. The molecule has 0 unspecified atom stereocenters. The normalized spacial score (nSPS) is 19.2. The Hall–Kier alpha value is -1.34. The summed E-state index contributed by atoms with van der Waals surface area (Å²) >= 11 is 0. The van der Waals surface area contributed by atoms with Crippen LogP contribution < -0.4 is 5.19 Å². The summed E-state index contributed by atoms with van der Waals surface area (Å²) in [5.41, 5.74) is 4.69. The van der Waals surface area contributed by atoms with Crippen molar-refractivity contribution in [3.63, 3.8) is 0 Å². The van der Waals surface area contributed by atoms with Crippen LogP contribution in [0.3, 0.4) is 0 Å². The van der Waals surface area contributed by atoms with Crippen molar-refractivity contribution >= 4 is 34.8 Å². The van der Waals surface area contributed by atoms with Gasteiger partial charge in [0.05, 0.1) is 0 Å². The molecule has 1 aliphatic heterocycles. The largest absolute Gasteiger partial charge is 0.114 e. The molecule has 2 bridgehead atoms. The summed E-state index contributed by atoms with van der Waals surface area (Å²) in [5, 5.41) is 6.29. The topological polar surface area (TPSA) is 0 Å². The van der Waals surface area contributed by atoms with Gasteiger partial charge >= 0.3 is 0 Å². The molecule has 0 spiro atoms. The van der Waals surface area contributed by atoms with Gasteiger partial charge in [-0.15, -0.1) is 0 Å². The summed E-state index contributed by atoms with van der Waals surface area (Å²) in [6.45, 7) is 7.29. The molecule has 1 heterocycles. The molecule has 0 atom stereocenters. The Morgan fingerprint density at radius 2 is 1.81 bits per heavy atom. The zero-order chi connectivity index (χ0) is 11.1. The van der Waals surface area contributed by atoms with Gasteiger partial charge in [0.1, 0.15) is 8.07 Å². The molecule has 2 aliphatic rings. The monoisotopic (exact) mass is 222 g/mol. The molecule has 0 amide bonds. The van der Waals surface area contributed by atoms with E-state index >= 15 is 0 Å². The molecule has 4 rings (SSSR count). The Morgan fingerprint density at radius 1 is 1.00 bits per heavy atom. The van der Waals surface area contributed by atoms with Gasteiger partial charge in [-0.05, 0) is 44.8 Å². The maximum Gasteiger partial charge on any atom is 0.114 e. The number of rotatable bonds is 0. The Bertz CT molecular complexity index is 690. The molecule has 0 saturated carbocycles. The van der Waals surface area contributed by atoms with E-state index in [1.807, 2.05) is 0 Å². The van der Waals surface area contributed by atoms with Gasteiger partial charge in [0.15, 0.2) is 0 Å². The van der Waals surface area contributed by atoms with E-state index in [0.29, 0.717) is 0 Å². The number of allylic oxidation sites excluding steroid dienone is 1. The van der Waals surface area contributed by atoms with E-state index < -0.39 is 8.07 Å². The summed E-state index contributed by atoms with van der Waals surface area (Å²) in [6, 6.07) is 11.4. The lowest BCUT2D eigenvalue weighted by Gasteiger charge is -2.27. The second-order valence-corrected chi connectivity index (χ2v) is 9.81. The number of hydrogen-bond donors (Lipinski definition) is 0. The van der Waals surface area contributed by atoms with Crippen LogP contribution in [0.15, 0.2) is 30.3 Å². The Balaban J connectivity index is 2.36. The zero-order valence-corrected chi connectivity index (χ0v) is 10.9. The van der Waals surface area contributed by atoms with E-state index in [4.69, 9.17) is 0 Å². The van der Waals surface area contributed by atoms with Gasteiger partial charge < -0.3 is 0 Å². The van der Waals surface area contributed by atoms with Crippen LogP contribution >= 0.6 is 0 Å². The summed E-state index contributed by atoms with van der Waals surface area (Å²) in [5.74, 6) is 0. The Morgan fingerprint density at radius 3 is 2.62 bits per heavy atom. The van der Waals surface area contributed by atoms with Crippen molar-refractivity contribution in [2.45, 2.75) is 20.0 Å². The molecule has 0 N–H and O–H groups in total. The first-order valence-corrected chi connectivity index (χ1v) is 8.90. The van der Waals surface area contributed by atoms with E-state index in [1.54, 1.807) is 21.5 Å². The van der Waals surface area contributed by atoms with Crippen LogP contribution in [0.5, 0.6) is 0 Å². The lowest BCUT2D eigenvalue weighted by atomic mass is 10.0. The third-order valence-electron chi connectivity index (χ3n) is 4.36. The van der Waals surface area contributed by atoms with Gasteiger partial charge in [-0.25, -0.2) is 0 Å². The van der Waals surface area contributed by atoms with Crippen molar-refractivity contribution in [2.24, 2.45) is 0 Å². The molecule has 0 radical (unpaired) electrons. The minimum absolute atomic E-state index is 1.35. The standard InChI is InChI=1S/C15H14Si/c1-9-13-12-8-7-10-5-4-6-11(14(10)13)15(9)16(12,2)3/h4-8H,1-3H3. The molecular weight excluding hydrogens is 208 g/mol. The van der Waals surface area contributed by atoms with Crippen LogP contribution in [0.1, 0.15) is 18.1 Å². The molecule has 16 heavy (non-hydrogen) atoms. The first-order valence-electron chi connectivity index (χ1n) is 5.90. The first kappa shape index (κ1) is 8.77. The molecule has 0 saturated heterocycles. The average molecular weight is 222 g/mol. The highest BCUT2D eigenvalue weighted by atomic mass is 28.3. The molecule has 0 nitrogen and oxygen atoms in total. The van der Waals surface area contributed by atoms with Crippen LogP contribution in [-0.2, 0) is 0 Å². The van der Waals surface area contributed by atoms with Crippen LogP contribution in [0.25, 0.3) is 21.5 Å². The second-order valence-electron chi connectivity index (χ2n) is 5.52. The van der Waals surface area contributed by atoms with Gasteiger partial charge in [-0.2, -0.15) is 0 Å². The molecule has 0 fully saturated rings. The van der Waals surface area contributed by atoms with Crippen molar-refractivity contribution < 1.29 is 0 Å². The second kappa shape index (κ2) is 2.33. The highest BCUT2D eigenvalue weighted by Gasteiger charge is 2.44. The van der Waals surface area contributed by atoms with Gasteiger partial charge in [0, 0.05) is 0 Å². The minimum atomic E-state index is -1.35. The Kier molecular flexibility index (Phi) is 1.28.